The quantitative estimate of drug-likeness (QED) is 0.475. The fourth-order valence-electron chi connectivity index (χ4n) is 2.40. The SMILES string of the molecule is O=C(CS[C@H]1CC(=O)N(c2ccccc2)C1=O)Oc1ccccc1. The standard InChI is InChI=1S/C18H15NO4S/c20-16-11-15(18(22)19(16)13-7-3-1-4-8-13)24-12-17(21)23-14-9-5-2-6-10-14/h1-10,15H,11-12H2/t15-/m0/s1. The number of thioether (sulfide) groups is 1. The van der Waals surface area contributed by atoms with Crippen molar-refractivity contribution in [3.63, 3.8) is 0 Å². The highest BCUT2D eigenvalue weighted by molar-refractivity contribution is 8.01. The number of imide groups is 1. The van der Waals surface area contributed by atoms with Crippen LogP contribution in [-0.2, 0) is 14.4 Å². The predicted octanol–water partition coefficient (Wildman–Crippen LogP) is 2.66. The minimum absolute atomic E-state index is 0.0151. The lowest BCUT2D eigenvalue weighted by atomic mass is 10.3. The van der Waals surface area contributed by atoms with Crippen LogP contribution in [0.25, 0.3) is 0 Å². The molecule has 0 radical (unpaired) electrons. The lowest BCUT2D eigenvalue weighted by molar-refractivity contribution is -0.131. The number of esters is 1. The van der Waals surface area contributed by atoms with Gasteiger partial charge in [-0.15, -0.1) is 11.8 Å². The van der Waals surface area contributed by atoms with Crippen LogP contribution in [0.2, 0.25) is 0 Å². The minimum atomic E-state index is -0.555. The third kappa shape index (κ3) is 3.65. The van der Waals surface area contributed by atoms with Gasteiger partial charge in [-0.25, -0.2) is 4.90 Å². The van der Waals surface area contributed by atoms with E-state index in [2.05, 4.69) is 0 Å². The van der Waals surface area contributed by atoms with Crippen LogP contribution in [0.5, 0.6) is 5.75 Å². The summed E-state index contributed by atoms with van der Waals surface area (Å²) in [6.07, 6.45) is 0.0943. The fourth-order valence-corrected chi connectivity index (χ4v) is 3.31. The van der Waals surface area contributed by atoms with E-state index in [1.807, 2.05) is 12.1 Å². The molecule has 2 amide bonds. The molecule has 2 aromatic carbocycles. The number of nitrogens with zero attached hydrogens (tertiary/aromatic N) is 1. The molecule has 3 rings (SSSR count). The third-order valence-electron chi connectivity index (χ3n) is 3.50. The third-order valence-corrected chi connectivity index (χ3v) is 4.67. The first-order valence-electron chi connectivity index (χ1n) is 7.44. The maximum absolute atomic E-state index is 12.4. The monoisotopic (exact) mass is 341 g/mol. The average Bonchev–Trinajstić information content (AvgIpc) is 2.88. The Hall–Kier alpha value is -2.60. The Balaban J connectivity index is 1.58. The van der Waals surface area contributed by atoms with Crippen LogP contribution >= 0.6 is 11.8 Å². The number of hydrogen-bond donors (Lipinski definition) is 0. The molecule has 1 aliphatic rings. The number of amides is 2. The Morgan fingerprint density at radius 3 is 2.33 bits per heavy atom. The second-order valence-corrected chi connectivity index (χ2v) is 6.38. The van der Waals surface area contributed by atoms with Gasteiger partial charge in [0.15, 0.2) is 0 Å². The van der Waals surface area contributed by atoms with Gasteiger partial charge in [0.2, 0.25) is 11.8 Å². The zero-order valence-corrected chi connectivity index (χ0v) is 13.6. The topological polar surface area (TPSA) is 63.7 Å². The summed E-state index contributed by atoms with van der Waals surface area (Å²) in [6.45, 7) is 0. The van der Waals surface area contributed by atoms with E-state index in [9.17, 15) is 14.4 Å². The summed E-state index contributed by atoms with van der Waals surface area (Å²) in [5.41, 5.74) is 0.558. The second kappa shape index (κ2) is 7.31. The number of hydrogen-bond acceptors (Lipinski definition) is 5. The Kier molecular flexibility index (Phi) is 4.96. The Morgan fingerprint density at radius 2 is 1.67 bits per heavy atom. The highest BCUT2D eigenvalue weighted by atomic mass is 32.2. The molecule has 2 aromatic rings. The van der Waals surface area contributed by atoms with Crippen molar-refractivity contribution in [3.8, 4) is 5.75 Å². The van der Waals surface area contributed by atoms with Crippen LogP contribution in [0.3, 0.4) is 0 Å². The van der Waals surface area contributed by atoms with Gasteiger partial charge in [-0.1, -0.05) is 36.4 Å². The van der Waals surface area contributed by atoms with Crippen LogP contribution in [0.1, 0.15) is 6.42 Å². The first kappa shape index (κ1) is 16.3. The molecular weight excluding hydrogens is 326 g/mol. The van der Waals surface area contributed by atoms with Crippen molar-refractivity contribution in [3.05, 3.63) is 60.7 Å². The van der Waals surface area contributed by atoms with Crippen LogP contribution in [0.15, 0.2) is 60.7 Å². The number of rotatable bonds is 5. The number of ether oxygens (including phenoxy) is 1. The first-order chi connectivity index (χ1) is 11.6. The van der Waals surface area contributed by atoms with E-state index in [0.717, 1.165) is 11.8 Å². The van der Waals surface area contributed by atoms with Crippen molar-refractivity contribution in [1.82, 2.24) is 0 Å². The largest absolute Gasteiger partial charge is 0.426 e. The number of para-hydroxylation sites is 2. The van der Waals surface area contributed by atoms with E-state index in [-0.39, 0.29) is 24.0 Å². The van der Waals surface area contributed by atoms with Crippen molar-refractivity contribution in [2.24, 2.45) is 0 Å². The molecule has 1 aliphatic heterocycles. The van der Waals surface area contributed by atoms with Crippen molar-refractivity contribution in [1.29, 1.82) is 0 Å². The molecule has 24 heavy (non-hydrogen) atoms. The van der Waals surface area contributed by atoms with Crippen LogP contribution < -0.4 is 9.64 Å². The van der Waals surface area contributed by atoms with Crippen LogP contribution in [0.4, 0.5) is 5.69 Å². The Morgan fingerprint density at radius 1 is 1.04 bits per heavy atom. The summed E-state index contributed by atoms with van der Waals surface area (Å²) < 4.78 is 5.18. The average molecular weight is 341 g/mol. The maximum atomic E-state index is 12.4. The summed E-state index contributed by atoms with van der Waals surface area (Å²) in [5, 5.41) is -0.555. The van der Waals surface area contributed by atoms with Gasteiger partial charge in [0.1, 0.15) is 5.75 Å². The van der Waals surface area contributed by atoms with Gasteiger partial charge < -0.3 is 4.74 Å². The molecule has 122 valence electrons. The van der Waals surface area contributed by atoms with Gasteiger partial charge in [-0.05, 0) is 24.3 Å². The first-order valence-corrected chi connectivity index (χ1v) is 8.49. The minimum Gasteiger partial charge on any atom is -0.426 e. The Labute approximate surface area is 143 Å². The predicted molar refractivity (Wildman–Crippen MR) is 91.9 cm³/mol. The number of carbonyl (C=O) groups excluding carboxylic acids is 3. The number of carbonyl (C=O) groups is 3. The fraction of sp³-hybridized carbons (Fsp3) is 0.167. The zero-order chi connectivity index (χ0) is 16.9. The zero-order valence-electron chi connectivity index (χ0n) is 12.8. The smallest absolute Gasteiger partial charge is 0.321 e. The molecule has 0 saturated carbocycles. The molecule has 0 aromatic heterocycles. The summed E-state index contributed by atoms with van der Waals surface area (Å²) in [6, 6.07) is 17.5. The van der Waals surface area contributed by atoms with Gasteiger partial charge in [0, 0.05) is 6.42 Å². The van der Waals surface area contributed by atoms with Crippen LogP contribution in [-0.4, -0.2) is 28.8 Å². The highest BCUT2D eigenvalue weighted by Gasteiger charge is 2.40. The van der Waals surface area contributed by atoms with E-state index in [0.29, 0.717) is 11.4 Å². The van der Waals surface area contributed by atoms with Crippen molar-refractivity contribution in [2.75, 3.05) is 10.7 Å². The van der Waals surface area contributed by atoms with Gasteiger partial charge in [0.25, 0.3) is 0 Å². The molecule has 0 aliphatic carbocycles. The van der Waals surface area contributed by atoms with E-state index in [1.54, 1.807) is 48.5 Å². The summed E-state index contributed by atoms with van der Waals surface area (Å²) >= 11 is 1.14. The van der Waals surface area contributed by atoms with Crippen molar-refractivity contribution in [2.45, 2.75) is 11.7 Å². The van der Waals surface area contributed by atoms with Crippen molar-refractivity contribution >= 4 is 35.2 Å². The molecule has 1 saturated heterocycles. The summed E-state index contributed by atoms with van der Waals surface area (Å²) in [4.78, 5) is 37.6. The van der Waals surface area contributed by atoms with Crippen molar-refractivity contribution < 1.29 is 19.1 Å². The van der Waals surface area contributed by atoms with E-state index in [1.165, 1.54) is 4.90 Å². The molecule has 1 heterocycles. The van der Waals surface area contributed by atoms with Gasteiger partial charge >= 0.3 is 5.97 Å². The van der Waals surface area contributed by atoms with Gasteiger partial charge in [0.05, 0.1) is 16.7 Å². The maximum Gasteiger partial charge on any atom is 0.321 e. The molecule has 5 nitrogen and oxygen atoms in total. The van der Waals surface area contributed by atoms with Gasteiger partial charge in [-0.3, -0.25) is 14.4 Å². The summed E-state index contributed by atoms with van der Waals surface area (Å²) in [5.74, 6) is -0.502. The molecule has 6 heteroatoms. The lowest BCUT2D eigenvalue weighted by Crippen LogP contribution is -2.31. The molecule has 0 bridgehead atoms. The summed E-state index contributed by atoms with van der Waals surface area (Å²) in [7, 11) is 0. The van der Waals surface area contributed by atoms with E-state index >= 15 is 0 Å². The molecule has 1 atom stereocenters. The van der Waals surface area contributed by atoms with Gasteiger partial charge in [-0.2, -0.15) is 0 Å². The lowest BCUT2D eigenvalue weighted by Gasteiger charge is -2.14. The van der Waals surface area contributed by atoms with E-state index in [4.69, 9.17) is 4.74 Å². The highest BCUT2D eigenvalue weighted by Crippen LogP contribution is 2.29. The Bertz CT molecular complexity index is 748. The molecule has 0 N–H and O–H groups in total. The number of anilines is 1. The van der Waals surface area contributed by atoms with Crippen LogP contribution in [0, 0.1) is 0 Å². The normalized spacial score (nSPS) is 17.2. The molecule has 0 spiro atoms. The molecular formula is C18H15NO4S. The molecule has 1 fully saturated rings. The second-order valence-electron chi connectivity index (χ2n) is 5.19. The number of benzene rings is 2. The molecule has 0 unspecified atom stereocenters. The van der Waals surface area contributed by atoms with E-state index < -0.39 is 11.2 Å².